The van der Waals surface area contributed by atoms with E-state index in [2.05, 4.69) is 20.6 Å². The van der Waals surface area contributed by atoms with Gasteiger partial charge < -0.3 is 15.7 Å². The molecule has 1 aromatic carbocycles. The summed E-state index contributed by atoms with van der Waals surface area (Å²) in [6.45, 7) is 1.97. The molecule has 1 aliphatic carbocycles. The molecule has 1 aliphatic rings. The Balaban J connectivity index is 1.66. The first-order valence-corrected chi connectivity index (χ1v) is 7.31. The lowest BCUT2D eigenvalue weighted by Crippen LogP contribution is -2.36. The van der Waals surface area contributed by atoms with E-state index >= 15 is 0 Å². The summed E-state index contributed by atoms with van der Waals surface area (Å²) < 4.78 is 0. The molecule has 22 heavy (non-hydrogen) atoms. The number of nitrogens with zero attached hydrogens (tertiary/aromatic N) is 2. The minimum Gasteiger partial charge on any atom is -0.390 e. The van der Waals surface area contributed by atoms with Gasteiger partial charge in [0, 0.05) is 12.8 Å². The molecule has 0 spiro atoms. The van der Waals surface area contributed by atoms with Crippen molar-refractivity contribution < 1.29 is 9.90 Å². The third kappa shape index (κ3) is 2.92. The number of hydrogen-bond donors (Lipinski definition) is 3. The van der Waals surface area contributed by atoms with E-state index < -0.39 is 12.1 Å². The van der Waals surface area contributed by atoms with Crippen LogP contribution in [0.2, 0.25) is 0 Å². The molecule has 2 atom stereocenters. The number of aliphatic hydroxyl groups is 1. The van der Waals surface area contributed by atoms with E-state index in [4.69, 9.17) is 0 Å². The highest BCUT2D eigenvalue weighted by molar-refractivity contribution is 5.89. The lowest BCUT2D eigenvalue weighted by Gasteiger charge is -2.18. The van der Waals surface area contributed by atoms with E-state index in [9.17, 15) is 9.90 Å². The topological polar surface area (TPSA) is 87.1 Å². The molecule has 0 aliphatic heterocycles. The summed E-state index contributed by atoms with van der Waals surface area (Å²) in [6.07, 6.45) is 3.84. The third-order valence-corrected chi connectivity index (χ3v) is 3.77. The van der Waals surface area contributed by atoms with Gasteiger partial charge in [0.05, 0.1) is 30.2 Å². The van der Waals surface area contributed by atoms with Crippen molar-refractivity contribution in [2.24, 2.45) is 0 Å². The minimum absolute atomic E-state index is 0.381. The molecule has 3 N–H and O–H groups in total. The molecule has 0 saturated heterocycles. The van der Waals surface area contributed by atoms with Crippen LogP contribution in [0.5, 0.6) is 0 Å². The Hall–Kier alpha value is -2.47. The van der Waals surface area contributed by atoms with Gasteiger partial charge in [-0.2, -0.15) is 0 Å². The van der Waals surface area contributed by atoms with E-state index in [0.29, 0.717) is 12.1 Å². The van der Waals surface area contributed by atoms with Crippen LogP contribution in [-0.4, -0.2) is 27.2 Å². The van der Waals surface area contributed by atoms with E-state index in [0.717, 1.165) is 23.4 Å². The van der Waals surface area contributed by atoms with Crippen LogP contribution in [-0.2, 0) is 12.8 Å². The van der Waals surface area contributed by atoms with Gasteiger partial charge in [-0.05, 0) is 11.1 Å². The lowest BCUT2D eigenvalue weighted by molar-refractivity contribution is 0.144. The molecule has 2 amide bonds. The Bertz CT molecular complexity index is 672. The van der Waals surface area contributed by atoms with Crippen LogP contribution >= 0.6 is 0 Å². The van der Waals surface area contributed by atoms with Crippen LogP contribution in [0.4, 0.5) is 10.5 Å². The molecule has 0 bridgehead atoms. The average molecular weight is 298 g/mol. The second kappa shape index (κ2) is 6.11. The van der Waals surface area contributed by atoms with Gasteiger partial charge >= 0.3 is 6.03 Å². The summed E-state index contributed by atoms with van der Waals surface area (Å²) in [4.78, 5) is 20.3. The fraction of sp³-hybridized carbons (Fsp3) is 0.312. The highest BCUT2D eigenvalue weighted by atomic mass is 16.3. The number of anilines is 1. The van der Waals surface area contributed by atoms with Gasteiger partial charge in [-0.3, -0.25) is 0 Å². The van der Waals surface area contributed by atoms with Crippen molar-refractivity contribution in [3.05, 3.63) is 53.6 Å². The molecule has 2 aromatic rings. The fourth-order valence-corrected chi connectivity index (χ4v) is 2.66. The zero-order chi connectivity index (χ0) is 15.5. The molecule has 0 unspecified atom stereocenters. The second-order valence-corrected chi connectivity index (χ2v) is 5.29. The van der Waals surface area contributed by atoms with Crippen LogP contribution in [0.3, 0.4) is 0 Å². The molecule has 1 heterocycles. The molecule has 114 valence electrons. The molecule has 0 fully saturated rings. The van der Waals surface area contributed by atoms with Gasteiger partial charge in [0.1, 0.15) is 5.82 Å². The van der Waals surface area contributed by atoms with E-state index in [1.54, 1.807) is 12.4 Å². The largest absolute Gasteiger partial charge is 0.390 e. The number of carbonyl (C=O) groups is 1. The van der Waals surface area contributed by atoms with Crippen molar-refractivity contribution >= 4 is 11.7 Å². The predicted molar refractivity (Wildman–Crippen MR) is 82.5 cm³/mol. The van der Waals surface area contributed by atoms with Crippen molar-refractivity contribution in [2.45, 2.75) is 31.9 Å². The summed E-state index contributed by atoms with van der Waals surface area (Å²) in [6, 6.07) is 6.95. The quantitative estimate of drug-likeness (QED) is 0.806. The second-order valence-electron chi connectivity index (χ2n) is 5.29. The Labute approximate surface area is 128 Å². The summed E-state index contributed by atoms with van der Waals surface area (Å²) in [5.41, 5.74) is 2.55. The maximum absolute atomic E-state index is 12.1. The molecule has 0 radical (unpaired) electrons. The molecule has 3 rings (SSSR count). The first-order valence-electron chi connectivity index (χ1n) is 7.31. The van der Waals surface area contributed by atoms with E-state index in [1.165, 1.54) is 0 Å². The summed E-state index contributed by atoms with van der Waals surface area (Å²) in [5, 5.41) is 15.6. The normalized spacial score (nSPS) is 19.5. The van der Waals surface area contributed by atoms with Crippen molar-refractivity contribution in [1.29, 1.82) is 0 Å². The number of aliphatic hydroxyl groups excluding tert-OH is 1. The summed E-state index contributed by atoms with van der Waals surface area (Å²) in [7, 11) is 0. The zero-order valence-electron chi connectivity index (χ0n) is 12.3. The van der Waals surface area contributed by atoms with Crippen LogP contribution in [0.15, 0.2) is 36.7 Å². The van der Waals surface area contributed by atoms with Gasteiger partial charge in [-0.1, -0.05) is 31.2 Å². The highest BCUT2D eigenvalue weighted by Gasteiger charge is 2.31. The fourth-order valence-electron chi connectivity index (χ4n) is 2.66. The average Bonchev–Trinajstić information content (AvgIpc) is 2.84. The smallest absolute Gasteiger partial charge is 0.319 e. The monoisotopic (exact) mass is 298 g/mol. The van der Waals surface area contributed by atoms with Gasteiger partial charge in [0.15, 0.2) is 0 Å². The van der Waals surface area contributed by atoms with Gasteiger partial charge in [0.25, 0.3) is 0 Å². The highest BCUT2D eigenvalue weighted by Crippen LogP contribution is 2.31. The van der Waals surface area contributed by atoms with Crippen LogP contribution in [0, 0.1) is 0 Å². The summed E-state index contributed by atoms with van der Waals surface area (Å²) in [5.74, 6) is 0.728. The Morgan fingerprint density at radius 1 is 1.32 bits per heavy atom. The van der Waals surface area contributed by atoms with Crippen molar-refractivity contribution in [3.8, 4) is 0 Å². The van der Waals surface area contributed by atoms with Gasteiger partial charge in [-0.25, -0.2) is 14.8 Å². The number of benzene rings is 1. The number of rotatable bonds is 3. The number of fused-ring (bicyclic) bond motifs is 1. The molecule has 0 saturated carbocycles. The standard InChI is InChI=1S/C16H18N4O2/c1-2-14-17-8-11(9-18-14)19-16(22)20-15-12-6-4-3-5-10(12)7-13(15)21/h3-6,8-9,13,15,21H,2,7H2,1H3,(H2,19,20,22)/t13-,15+/m1/s1. The van der Waals surface area contributed by atoms with Crippen molar-refractivity contribution in [2.75, 3.05) is 5.32 Å². The third-order valence-electron chi connectivity index (χ3n) is 3.77. The Kier molecular flexibility index (Phi) is 4.02. The predicted octanol–water partition coefficient (Wildman–Crippen LogP) is 1.82. The number of urea groups is 1. The minimum atomic E-state index is -0.609. The van der Waals surface area contributed by atoms with Crippen LogP contribution in [0.25, 0.3) is 0 Å². The number of nitrogens with one attached hydrogen (secondary N) is 2. The molecular formula is C16H18N4O2. The van der Waals surface area contributed by atoms with E-state index in [-0.39, 0.29) is 6.03 Å². The maximum Gasteiger partial charge on any atom is 0.319 e. The molecule has 6 nitrogen and oxygen atoms in total. The first kappa shape index (κ1) is 14.5. The van der Waals surface area contributed by atoms with Crippen LogP contribution in [0.1, 0.15) is 29.9 Å². The molecular weight excluding hydrogens is 280 g/mol. The van der Waals surface area contributed by atoms with E-state index in [1.807, 2.05) is 31.2 Å². The lowest BCUT2D eigenvalue weighted by atomic mass is 10.1. The van der Waals surface area contributed by atoms with Gasteiger partial charge in [-0.15, -0.1) is 0 Å². The SMILES string of the molecule is CCc1ncc(NC(=O)N[C@H]2c3ccccc3C[C@H]2O)cn1. The number of aryl methyl sites for hydroxylation is 1. The number of hydrogen-bond acceptors (Lipinski definition) is 4. The number of aromatic nitrogens is 2. The summed E-state index contributed by atoms with van der Waals surface area (Å²) >= 11 is 0. The first-order chi connectivity index (χ1) is 10.7. The maximum atomic E-state index is 12.1. The Morgan fingerprint density at radius 2 is 2.05 bits per heavy atom. The zero-order valence-corrected chi connectivity index (χ0v) is 12.3. The Morgan fingerprint density at radius 3 is 2.77 bits per heavy atom. The molecule has 1 aromatic heterocycles. The van der Waals surface area contributed by atoms with Crippen molar-refractivity contribution in [3.63, 3.8) is 0 Å². The number of amides is 2. The number of carbonyl (C=O) groups excluding carboxylic acids is 1. The van der Waals surface area contributed by atoms with Gasteiger partial charge in [0.2, 0.25) is 0 Å². The molecule has 6 heteroatoms. The van der Waals surface area contributed by atoms with Crippen LogP contribution < -0.4 is 10.6 Å². The van der Waals surface area contributed by atoms with Crippen molar-refractivity contribution in [1.82, 2.24) is 15.3 Å².